The van der Waals surface area contributed by atoms with Crippen LogP contribution in [0.15, 0.2) is 18.2 Å². The number of thiophene rings is 1. The van der Waals surface area contributed by atoms with Crippen molar-refractivity contribution in [3.05, 3.63) is 28.0 Å². The number of carbonyl (C=O) groups excluding carboxylic acids is 1. The fraction of sp³-hybridized carbons (Fsp3) is 0.429. The highest BCUT2D eigenvalue weighted by atomic mass is 32.1. The van der Waals surface area contributed by atoms with Crippen LogP contribution in [-0.2, 0) is 9.59 Å². The summed E-state index contributed by atoms with van der Waals surface area (Å²) in [4.78, 5) is 26.8. The second-order valence-electron chi connectivity index (χ2n) is 4.74. The molecule has 0 radical (unpaired) electrons. The Hall–Kier alpha value is -1.62. The first kappa shape index (κ1) is 13.8. The highest BCUT2D eigenvalue weighted by Crippen LogP contribution is 2.19. The minimum Gasteiger partial charge on any atom is -0.481 e. The van der Waals surface area contributed by atoms with Crippen molar-refractivity contribution in [3.8, 4) is 0 Å². The van der Waals surface area contributed by atoms with Gasteiger partial charge in [-0.15, -0.1) is 11.3 Å². The van der Waals surface area contributed by atoms with Gasteiger partial charge >= 0.3 is 5.97 Å². The molecule has 102 valence electrons. The largest absolute Gasteiger partial charge is 0.481 e. The number of carboxylic acids is 1. The second-order valence-corrected chi connectivity index (χ2v) is 6.06. The molecule has 1 aliphatic rings. The summed E-state index contributed by atoms with van der Waals surface area (Å²) in [5, 5.41) is 8.99. The molecule has 0 bridgehead atoms. The van der Waals surface area contributed by atoms with Crippen LogP contribution in [0.25, 0.3) is 6.08 Å². The molecule has 1 amide bonds. The van der Waals surface area contributed by atoms with Gasteiger partial charge in [0, 0.05) is 28.9 Å². The summed E-state index contributed by atoms with van der Waals surface area (Å²) in [7, 11) is 0. The first-order chi connectivity index (χ1) is 9.06. The molecule has 0 aliphatic carbocycles. The van der Waals surface area contributed by atoms with Crippen LogP contribution < -0.4 is 0 Å². The molecule has 0 aromatic carbocycles. The minimum atomic E-state index is -0.810. The molecule has 2 rings (SSSR count). The third-order valence-electron chi connectivity index (χ3n) is 3.23. The molecule has 1 N–H and O–H groups in total. The van der Waals surface area contributed by atoms with E-state index in [1.165, 1.54) is 11.0 Å². The molecule has 1 aliphatic heterocycles. The molecular formula is C14H17NO3S. The molecule has 2 heterocycles. The van der Waals surface area contributed by atoms with Crippen LogP contribution in [0.1, 0.15) is 22.6 Å². The van der Waals surface area contributed by atoms with Gasteiger partial charge in [-0.1, -0.05) is 0 Å². The Kier molecular flexibility index (Phi) is 4.37. The number of amides is 1. The van der Waals surface area contributed by atoms with Gasteiger partial charge < -0.3 is 10.0 Å². The van der Waals surface area contributed by atoms with Crippen LogP contribution in [0.3, 0.4) is 0 Å². The molecule has 1 aromatic heterocycles. The van der Waals surface area contributed by atoms with E-state index in [0.717, 1.165) is 11.3 Å². The summed E-state index contributed by atoms with van der Waals surface area (Å²) < 4.78 is 0. The van der Waals surface area contributed by atoms with E-state index in [1.54, 1.807) is 22.3 Å². The van der Waals surface area contributed by atoms with Gasteiger partial charge in [0.25, 0.3) is 0 Å². The normalized spacial score (nSPS) is 19.8. The van der Waals surface area contributed by atoms with E-state index in [0.29, 0.717) is 19.5 Å². The number of carbonyl (C=O) groups is 2. The van der Waals surface area contributed by atoms with Crippen molar-refractivity contribution in [2.45, 2.75) is 19.8 Å². The predicted molar refractivity (Wildman–Crippen MR) is 75.0 cm³/mol. The van der Waals surface area contributed by atoms with Crippen LogP contribution in [0.4, 0.5) is 0 Å². The predicted octanol–water partition coefficient (Wildman–Crippen LogP) is 2.39. The van der Waals surface area contributed by atoms with Crippen molar-refractivity contribution in [3.63, 3.8) is 0 Å². The van der Waals surface area contributed by atoms with E-state index in [2.05, 4.69) is 0 Å². The van der Waals surface area contributed by atoms with Crippen LogP contribution in [0, 0.1) is 12.8 Å². The Bertz CT molecular complexity index is 507. The molecule has 0 spiro atoms. The first-order valence-corrected chi connectivity index (χ1v) is 7.14. The quantitative estimate of drug-likeness (QED) is 0.864. The van der Waals surface area contributed by atoms with E-state index >= 15 is 0 Å². The Morgan fingerprint density at radius 2 is 2.26 bits per heavy atom. The standard InChI is InChI=1S/C14H17NO3S/c1-10-4-5-12(19-10)6-7-13(16)15-8-2-3-11(9-15)14(17)18/h4-7,11H,2-3,8-9H2,1H3,(H,17,18). The summed E-state index contributed by atoms with van der Waals surface area (Å²) in [5.74, 6) is -1.33. The number of hydrogen-bond acceptors (Lipinski definition) is 3. The zero-order valence-corrected chi connectivity index (χ0v) is 11.7. The molecular weight excluding hydrogens is 262 g/mol. The lowest BCUT2D eigenvalue weighted by Gasteiger charge is -2.29. The average Bonchev–Trinajstić information content (AvgIpc) is 2.82. The highest BCUT2D eigenvalue weighted by Gasteiger charge is 2.26. The van der Waals surface area contributed by atoms with Crippen molar-refractivity contribution in [1.29, 1.82) is 0 Å². The lowest BCUT2D eigenvalue weighted by molar-refractivity contribution is -0.144. The maximum absolute atomic E-state index is 12.0. The topological polar surface area (TPSA) is 57.6 Å². The van der Waals surface area contributed by atoms with Crippen LogP contribution in [0.2, 0.25) is 0 Å². The van der Waals surface area contributed by atoms with Crippen LogP contribution in [0.5, 0.6) is 0 Å². The van der Waals surface area contributed by atoms with Gasteiger partial charge in [0.2, 0.25) is 5.91 Å². The minimum absolute atomic E-state index is 0.1000. The fourth-order valence-electron chi connectivity index (χ4n) is 2.18. The monoisotopic (exact) mass is 279 g/mol. The van der Waals surface area contributed by atoms with E-state index in [9.17, 15) is 9.59 Å². The highest BCUT2D eigenvalue weighted by molar-refractivity contribution is 7.12. The van der Waals surface area contributed by atoms with Gasteiger partial charge in [-0.05, 0) is 38.0 Å². The molecule has 1 atom stereocenters. The SMILES string of the molecule is Cc1ccc(C=CC(=O)N2CCCC(C(=O)O)C2)s1. The zero-order chi connectivity index (χ0) is 13.8. The summed E-state index contributed by atoms with van der Waals surface area (Å²) in [6.45, 7) is 2.99. The lowest BCUT2D eigenvalue weighted by atomic mass is 9.98. The molecule has 4 nitrogen and oxygen atoms in total. The maximum Gasteiger partial charge on any atom is 0.308 e. The maximum atomic E-state index is 12.0. The molecule has 1 unspecified atom stereocenters. The molecule has 19 heavy (non-hydrogen) atoms. The summed E-state index contributed by atoms with van der Waals surface area (Å²) in [6.07, 6.45) is 4.75. The first-order valence-electron chi connectivity index (χ1n) is 6.32. The van der Waals surface area contributed by atoms with Crippen molar-refractivity contribution >= 4 is 29.3 Å². The molecule has 1 saturated heterocycles. The van der Waals surface area contributed by atoms with Gasteiger partial charge in [0.15, 0.2) is 0 Å². The number of piperidine rings is 1. The number of rotatable bonds is 3. The van der Waals surface area contributed by atoms with Gasteiger partial charge in [0.05, 0.1) is 5.92 Å². The van der Waals surface area contributed by atoms with Crippen molar-refractivity contribution in [2.75, 3.05) is 13.1 Å². The van der Waals surface area contributed by atoms with Gasteiger partial charge in [-0.2, -0.15) is 0 Å². The lowest BCUT2D eigenvalue weighted by Crippen LogP contribution is -2.41. The summed E-state index contributed by atoms with van der Waals surface area (Å²) in [6, 6.07) is 3.98. The fourth-order valence-corrected chi connectivity index (χ4v) is 2.96. The third kappa shape index (κ3) is 3.67. The van der Waals surface area contributed by atoms with Gasteiger partial charge in [-0.25, -0.2) is 0 Å². The number of aliphatic carboxylic acids is 1. The molecule has 0 saturated carbocycles. The number of likely N-dealkylation sites (tertiary alicyclic amines) is 1. The number of nitrogens with zero attached hydrogens (tertiary/aromatic N) is 1. The summed E-state index contributed by atoms with van der Waals surface area (Å²) >= 11 is 1.63. The van der Waals surface area contributed by atoms with Crippen molar-refractivity contribution in [2.24, 2.45) is 5.92 Å². The number of aryl methyl sites for hydroxylation is 1. The van der Waals surface area contributed by atoms with E-state index in [1.807, 2.05) is 19.1 Å². The second kappa shape index (κ2) is 6.02. The van der Waals surface area contributed by atoms with Gasteiger partial charge in [-0.3, -0.25) is 9.59 Å². The Morgan fingerprint density at radius 1 is 1.47 bits per heavy atom. The molecule has 1 fully saturated rings. The number of carboxylic acid groups (broad SMARTS) is 1. The molecule has 5 heteroatoms. The Balaban J connectivity index is 1.96. The van der Waals surface area contributed by atoms with E-state index < -0.39 is 11.9 Å². The third-order valence-corrected chi connectivity index (χ3v) is 4.20. The Labute approximate surface area is 116 Å². The Morgan fingerprint density at radius 3 is 2.89 bits per heavy atom. The van der Waals surface area contributed by atoms with E-state index in [4.69, 9.17) is 5.11 Å². The summed E-state index contributed by atoms with van der Waals surface area (Å²) in [5.41, 5.74) is 0. The van der Waals surface area contributed by atoms with Crippen LogP contribution >= 0.6 is 11.3 Å². The van der Waals surface area contributed by atoms with Crippen molar-refractivity contribution < 1.29 is 14.7 Å². The number of hydrogen-bond donors (Lipinski definition) is 1. The van der Waals surface area contributed by atoms with E-state index in [-0.39, 0.29) is 5.91 Å². The smallest absolute Gasteiger partial charge is 0.308 e. The average molecular weight is 279 g/mol. The van der Waals surface area contributed by atoms with Crippen molar-refractivity contribution in [1.82, 2.24) is 4.90 Å². The van der Waals surface area contributed by atoms with Crippen LogP contribution in [-0.4, -0.2) is 35.0 Å². The zero-order valence-electron chi connectivity index (χ0n) is 10.8. The van der Waals surface area contributed by atoms with Gasteiger partial charge in [0.1, 0.15) is 0 Å². The molecule has 1 aromatic rings.